The first kappa shape index (κ1) is 11.2. The standard InChI is InChI=1S/C11H11NO3/c1-8(11(13)14)15-7-10-4-2-3-9(5-10)6-12/h2-5,8H,7H2,1H3,(H,13,14). The molecule has 0 heterocycles. The summed E-state index contributed by atoms with van der Waals surface area (Å²) < 4.78 is 5.08. The highest BCUT2D eigenvalue weighted by Gasteiger charge is 2.10. The van der Waals surface area contributed by atoms with Gasteiger partial charge in [-0.05, 0) is 24.6 Å². The van der Waals surface area contributed by atoms with Gasteiger partial charge in [0.25, 0.3) is 0 Å². The van der Waals surface area contributed by atoms with E-state index < -0.39 is 12.1 Å². The van der Waals surface area contributed by atoms with E-state index in [0.29, 0.717) is 5.56 Å². The number of nitriles is 1. The van der Waals surface area contributed by atoms with Gasteiger partial charge in [-0.3, -0.25) is 0 Å². The number of carboxylic acid groups (broad SMARTS) is 1. The van der Waals surface area contributed by atoms with E-state index >= 15 is 0 Å². The highest BCUT2D eigenvalue weighted by atomic mass is 16.5. The van der Waals surface area contributed by atoms with Crippen LogP contribution in [0.3, 0.4) is 0 Å². The predicted molar refractivity (Wildman–Crippen MR) is 53.0 cm³/mol. The molecule has 0 saturated heterocycles. The quantitative estimate of drug-likeness (QED) is 0.809. The number of hydrogen-bond donors (Lipinski definition) is 1. The Labute approximate surface area is 87.7 Å². The topological polar surface area (TPSA) is 70.3 Å². The Kier molecular flexibility index (Phi) is 3.83. The second-order valence-electron chi connectivity index (χ2n) is 3.10. The minimum Gasteiger partial charge on any atom is -0.479 e. The average molecular weight is 205 g/mol. The van der Waals surface area contributed by atoms with Gasteiger partial charge in [0.15, 0.2) is 6.10 Å². The van der Waals surface area contributed by atoms with Gasteiger partial charge in [-0.15, -0.1) is 0 Å². The zero-order chi connectivity index (χ0) is 11.3. The van der Waals surface area contributed by atoms with Gasteiger partial charge in [-0.25, -0.2) is 4.79 Å². The molecule has 4 nitrogen and oxygen atoms in total. The molecule has 1 unspecified atom stereocenters. The fourth-order valence-corrected chi connectivity index (χ4v) is 1.02. The third-order valence-corrected chi connectivity index (χ3v) is 1.90. The first-order chi connectivity index (χ1) is 7.13. The summed E-state index contributed by atoms with van der Waals surface area (Å²) in [5.74, 6) is -0.994. The van der Waals surface area contributed by atoms with Crippen LogP contribution in [0.4, 0.5) is 0 Å². The molecule has 0 aromatic heterocycles. The molecule has 0 aliphatic carbocycles. The predicted octanol–water partition coefficient (Wildman–Crippen LogP) is 1.55. The molecule has 78 valence electrons. The fraction of sp³-hybridized carbons (Fsp3) is 0.273. The summed E-state index contributed by atoms with van der Waals surface area (Å²) in [7, 11) is 0. The molecular weight excluding hydrogens is 194 g/mol. The Balaban J connectivity index is 2.58. The maximum Gasteiger partial charge on any atom is 0.332 e. The summed E-state index contributed by atoms with van der Waals surface area (Å²) in [5, 5.41) is 17.2. The minimum atomic E-state index is -0.994. The third kappa shape index (κ3) is 3.41. The Morgan fingerprint density at radius 1 is 1.67 bits per heavy atom. The van der Waals surface area contributed by atoms with E-state index in [1.807, 2.05) is 6.07 Å². The lowest BCUT2D eigenvalue weighted by Gasteiger charge is -2.08. The molecule has 0 bridgehead atoms. The van der Waals surface area contributed by atoms with E-state index in [2.05, 4.69) is 0 Å². The summed E-state index contributed by atoms with van der Waals surface area (Å²) >= 11 is 0. The monoisotopic (exact) mass is 205 g/mol. The van der Waals surface area contributed by atoms with Crippen LogP contribution in [0.15, 0.2) is 24.3 Å². The van der Waals surface area contributed by atoms with E-state index in [9.17, 15) is 4.79 Å². The molecule has 1 atom stereocenters. The van der Waals surface area contributed by atoms with Crippen LogP contribution < -0.4 is 0 Å². The van der Waals surface area contributed by atoms with E-state index in [0.717, 1.165) is 5.56 Å². The van der Waals surface area contributed by atoms with Crippen molar-refractivity contribution in [1.82, 2.24) is 0 Å². The van der Waals surface area contributed by atoms with Crippen LogP contribution in [0.1, 0.15) is 18.1 Å². The van der Waals surface area contributed by atoms with E-state index in [-0.39, 0.29) is 6.61 Å². The molecule has 1 aromatic carbocycles. The number of rotatable bonds is 4. The molecule has 0 saturated carbocycles. The first-order valence-corrected chi connectivity index (χ1v) is 4.47. The lowest BCUT2D eigenvalue weighted by molar-refractivity contribution is -0.149. The van der Waals surface area contributed by atoms with Gasteiger partial charge in [0, 0.05) is 0 Å². The maximum atomic E-state index is 10.5. The van der Waals surface area contributed by atoms with Crippen LogP contribution in [0.25, 0.3) is 0 Å². The van der Waals surface area contributed by atoms with Crippen LogP contribution in [-0.4, -0.2) is 17.2 Å². The smallest absolute Gasteiger partial charge is 0.332 e. The van der Waals surface area contributed by atoms with Crippen molar-refractivity contribution in [3.05, 3.63) is 35.4 Å². The largest absolute Gasteiger partial charge is 0.479 e. The summed E-state index contributed by atoms with van der Waals surface area (Å²) in [6.07, 6.45) is -0.837. The normalized spacial score (nSPS) is 11.7. The number of hydrogen-bond acceptors (Lipinski definition) is 3. The number of nitrogens with zero attached hydrogens (tertiary/aromatic N) is 1. The van der Waals surface area contributed by atoms with Gasteiger partial charge in [-0.1, -0.05) is 12.1 Å². The number of aliphatic carboxylic acids is 1. The Morgan fingerprint density at radius 2 is 2.40 bits per heavy atom. The molecule has 0 aliphatic heterocycles. The molecule has 4 heteroatoms. The zero-order valence-electron chi connectivity index (χ0n) is 8.30. The Morgan fingerprint density at radius 3 is 3.00 bits per heavy atom. The Hall–Kier alpha value is -1.86. The SMILES string of the molecule is CC(OCc1cccc(C#N)c1)C(=O)O. The van der Waals surface area contributed by atoms with Crippen molar-refractivity contribution in [2.45, 2.75) is 19.6 Å². The van der Waals surface area contributed by atoms with Crippen LogP contribution >= 0.6 is 0 Å². The van der Waals surface area contributed by atoms with Crippen molar-refractivity contribution in [3.8, 4) is 6.07 Å². The highest BCUT2D eigenvalue weighted by molar-refractivity contribution is 5.71. The van der Waals surface area contributed by atoms with Gasteiger partial charge in [0.05, 0.1) is 18.2 Å². The molecular formula is C11H11NO3. The van der Waals surface area contributed by atoms with Gasteiger partial charge >= 0.3 is 5.97 Å². The molecule has 1 aromatic rings. The van der Waals surface area contributed by atoms with E-state index in [1.165, 1.54) is 6.92 Å². The van der Waals surface area contributed by atoms with Gasteiger partial charge in [0.1, 0.15) is 0 Å². The first-order valence-electron chi connectivity index (χ1n) is 4.47. The summed E-state index contributed by atoms with van der Waals surface area (Å²) in [6, 6.07) is 8.89. The van der Waals surface area contributed by atoms with Crippen molar-refractivity contribution in [2.24, 2.45) is 0 Å². The highest BCUT2D eigenvalue weighted by Crippen LogP contribution is 2.07. The van der Waals surface area contributed by atoms with E-state index in [4.69, 9.17) is 15.1 Å². The van der Waals surface area contributed by atoms with Gasteiger partial charge in [0.2, 0.25) is 0 Å². The molecule has 1 N–H and O–H groups in total. The van der Waals surface area contributed by atoms with Crippen molar-refractivity contribution in [1.29, 1.82) is 5.26 Å². The number of ether oxygens (including phenoxy) is 1. The van der Waals surface area contributed by atoms with Crippen LogP contribution in [0, 0.1) is 11.3 Å². The molecule has 0 amide bonds. The molecule has 15 heavy (non-hydrogen) atoms. The number of carbonyl (C=O) groups is 1. The van der Waals surface area contributed by atoms with Crippen molar-refractivity contribution < 1.29 is 14.6 Å². The second kappa shape index (κ2) is 5.13. The van der Waals surface area contributed by atoms with Crippen LogP contribution in [0.5, 0.6) is 0 Å². The van der Waals surface area contributed by atoms with Crippen molar-refractivity contribution in [2.75, 3.05) is 0 Å². The number of benzene rings is 1. The summed E-state index contributed by atoms with van der Waals surface area (Å²) in [6.45, 7) is 1.67. The Bertz CT molecular complexity index is 395. The second-order valence-corrected chi connectivity index (χ2v) is 3.10. The molecule has 0 spiro atoms. The molecule has 0 aliphatic rings. The lowest BCUT2D eigenvalue weighted by atomic mass is 10.1. The molecule has 1 rings (SSSR count). The van der Waals surface area contributed by atoms with Crippen LogP contribution in [0.2, 0.25) is 0 Å². The van der Waals surface area contributed by atoms with Crippen LogP contribution in [-0.2, 0) is 16.1 Å². The zero-order valence-corrected chi connectivity index (χ0v) is 8.30. The lowest BCUT2D eigenvalue weighted by Crippen LogP contribution is -2.19. The fourth-order valence-electron chi connectivity index (χ4n) is 1.02. The molecule has 0 radical (unpaired) electrons. The van der Waals surface area contributed by atoms with E-state index in [1.54, 1.807) is 24.3 Å². The van der Waals surface area contributed by atoms with Gasteiger partial charge < -0.3 is 9.84 Å². The maximum absolute atomic E-state index is 10.5. The summed E-state index contributed by atoms with van der Waals surface area (Å²) in [5.41, 5.74) is 1.33. The minimum absolute atomic E-state index is 0.197. The number of carboxylic acids is 1. The summed E-state index contributed by atoms with van der Waals surface area (Å²) in [4.78, 5) is 10.5. The van der Waals surface area contributed by atoms with Gasteiger partial charge in [-0.2, -0.15) is 5.26 Å². The third-order valence-electron chi connectivity index (χ3n) is 1.90. The van der Waals surface area contributed by atoms with Crippen molar-refractivity contribution in [3.63, 3.8) is 0 Å². The van der Waals surface area contributed by atoms with Crippen molar-refractivity contribution >= 4 is 5.97 Å². The molecule has 0 fully saturated rings. The average Bonchev–Trinajstić information content (AvgIpc) is 2.26.